The molecule has 2 nitrogen and oxygen atoms in total. The van der Waals surface area contributed by atoms with Crippen molar-refractivity contribution in [2.24, 2.45) is 5.16 Å². The van der Waals surface area contributed by atoms with E-state index >= 15 is 0 Å². The van der Waals surface area contributed by atoms with Gasteiger partial charge in [0.25, 0.3) is 5.92 Å². The average molecular weight is 319 g/mol. The lowest BCUT2D eigenvalue weighted by Crippen LogP contribution is -2.70. The van der Waals surface area contributed by atoms with Crippen LogP contribution < -0.4 is 0 Å². The molecule has 0 heterocycles. The van der Waals surface area contributed by atoms with E-state index in [1.54, 1.807) is 30.3 Å². The van der Waals surface area contributed by atoms with Gasteiger partial charge in [0.1, 0.15) is 17.7 Å². The van der Waals surface area contributed by atoms with Crippen molar-refractivity contribution in [3.63, 3.8) is 0 Å². The molecule has 23 heavy (non-hydrogen) atoms. The summed E-state index contributed by atoms with van der Waals surface area (Å²) in [5, 5.41) is 3.69. The molecule has 0 N–H and O–H groups in total. The quantitative estimate of drug-likeness (QED) is 0.760. The minimum absolute atomic E-state index is 0.105. The van der Waals surface area contributed by atoms with Crippen LogP contribution in [-0.4, -0.2) is 17.8 Å². The Kier molecular flexibility index (Phi) is 3.88. The SMILES string of the molecule is CC1(c2ccccc2)C(=NOCc2ccccc2)C(F)C1(F)F. The molecule has 0 spiro atoms. The molecule has 1 aliphatic rings. The van der Waals surface area contributed by atoms with E-state index in [0.717, 1.165) is 5.56 Å². The van der Waals surface area contributed by atoms with E-state index in [4.69, 9.17) is 4.84 Å². The fourth-order valence-electron chi connectivity index (χ4n) is 2.77. The minimum atomic E-state index is -3.51. The Morgan fingerprint density at radius 1 is 1.00 bits per heavy atom. The summed E-state index contributed by atoms with van der Waals surface area (Å²) in [7, 11) is 0. The number of halogens is 3. The Hall–Kier alpha value is -2.30. The van der Waals surface area contributed by atoms with Crippen LogP contribution in [0, 0.1) is 0 Å². The van der Waals surface area contributed by atoms with Crippen LogP contribution in [0.15, 0.2) is 65.8 Å². The second kappa shape index (κ2) is 5.72. The number of alkyl halides is 3. The van der Waals surface area contributed by atoms with Crippen LogP contribution >= 0.6 is 0 Å². The van der Waals surface area contributed by atoms with Crippen molar-refractivity contribution in [2.75, 3.05) is 0 Å². The molecular weight excluding hydrogens is 303 g/mol. The summed E-state index contributed by atoms with van der Waals surface area (Å²) >= 11 is 0. The molecule has 1 aliphatic carbocycles. The van der Waals surface area contributed by atoms with Crippen molar-refractivity contribution in [1.82, 2.24) is 0 Å². The van der Waals surface area contributed by atoms with Gasteiger partial charge in [0, 0.05) is 0 Å². The molecule has 0 amide bonds. The zero-order valence-corrected chi connectivity index (χ0v) is 12.5. The lowest BCUT2D eigenvalue weighted by atomic mass is 9.59. The molecule has 2 aromatic rings. The summed E-state index contributed by atoms with van der Waals surface area (Å²) in [5.74, 6) is -3.51. The molecule has 0 saturated heterocycles. The number of benzene rings is 2. The predicted octanol–water partition coefficient (Wildman–Crippen LogP) is 4.50. The molecule has 2 atom stereocenters. The van der Waals surface area contributed by atoms with Crippen LogP contribution in [0.5, 0.6) is 0 Å². The maximum absolute atomic E-state index is 14.2. The minimum Gasteiger partial charge on any atom is -0.391 e. The topological polar surface area (TPSA) is 21.6 Å². The molecule has 1 fully saturated rings. The first-order valence-corrected chi connectivity index (χ1v) is 7.29. The molecule has 0 radical (unpaired) electrons. The predicted molar refractivity (Wildman–Crippen MR) is 82.3 cm³/mol. The third kappa shape index (κ3) is 2.40. The smallest absolute Gasteiger partial charge is 0.298 e. The van der Waals surface area contributed by atoms with Gasteiger partial charge in [-0.25, -0.2) is 13.2 Å². The van der Waals surface area contributed by atoms with E-state index in [0.29, 0.717) is 5.56 Å². The van der Waals surface area contributed by atoms with Crippen molar-refractivity contribution < 1.29 is 18.0 Å². The van der Waals surface area contributed by atoms with Gasteiger partial charge in [-0.2, -0.15) is 0 Å². The van der Waals surface area contributed by atoms with Crippen LogP contribution in [-0.2, 0) is 16.9 Å². The van der Waals surface area contributed by atoms with Crippen molar-refractivity contribution in [1.29, 1.82) is 0 Å². The number of hydrogen-bond acceptors (Lipinski definition) is 2. The summed E-state index contributed by atoms with van der Waals surface area (Å²) < 4.78 is 42.2. The highest BCUT2D eigenvalue weighted by Gasteiger charge is 2.73. The number of oxime groups is 1. The Bertz CT molecular complexity index is 703. The third-order valence-corrected chi connectivity index (χ3v) is 4.33. The van der Waals surface area contributed by atoms with E-state index in [2.05, 4.69) is 5.16 Å². The van der Waals surface area contributed by atoms with E-state index in [1.807, 2.05) is 30.3 Å². The highest BCUT2D eigenvalue weighted by Crippen LogP contribution is 2.54. The van der Waals surface area contributed by atoms with E-state index < -0.39 is 17.5 Å². The summed E-state index contributed by atoms with van der Waals surface area (Å²) in [6.45, 7) is 1.40. The standard InChI is InChI=1S/C18H16F3NO/c1-17(14-10-6-3-7-11-14)16(15(19)18(17,20)21)22-23-12-13-8-4-2-5-9-13/h2-11,15H,12H2,1H3. The Morgan fingerprint density at radius 2 is 1.57 bits per heavy atom. The molecule has 5 heteroatoms. The maximum atomic E-state index is 14.2. The first kappa shape index (κ1) is 15.6. The van der Waals surface area contributed by atoms with E-state index in [1.165, 1.54) is 6.92 Å². The van der Waals surface area contributed by atoms with Gasteiger partial charge in [-0.1, -0.05) is 65.8 Å². The molecular formula is C18H16F3NO. The van der Waals surface area contributed by atoms with Gasteiger partial charge < -0.3 is 4.84 Å². The van der Waals surface area contributed by atoms with Crippen molar-refractivity contribution in [2.45, 2.75) is 31.0 Å². The largest absolute Gasteiger partial charge is 0.391 e. The Labute approximate surface area is 132 Å². The van der Waals surface area contributed by atoms with Gasteiger partial charge in [-0.05, 0) is 18.1 Å². The zero-order chi connectivity index (χ0) is 16.5. The molecule has 2 unspecified atom stereocenters. The van der Waals surface area contributed by atoms with Crippen molar-refractivity contribution >= 4 is 5.71 Å². The lowest BCUT2D eigenvalue weighted by Gasteiger charge is -2.49. The average Bonchev–Trinajstić information content (AvgIpc) is 2.59. The maximum Gasteiger partial charge on any atom is 0.298 e. The first-order chi connectivity index (χ1) is 11.0. The van der Waals surface area contributed by atoms with Gasteiger partial charge in [-0.15, -0.1) is 0 Å². The second-order valence-corrected chi connectivity index (χ2v) is 5.71. The number of nitrogens with zero attached hydrogens (tertiary/aromatic N) is 1. The molecule has 0 bridgehead atoms. The summed E-state index contributed by atoms with van der Waals surface area (Å²) in [5.41, 5.74) is -0.907. The lowest BCUT2D eigenvalue weighted by molar-refractivity contribution is -0.127. The summed E-state index contributed by atoms with van der Waals surface area (Å²) in [4.78, 5) is 5.12. The van der Waals surface area contributed by atoms with Crippen LogP contribution in [0.2, 0.25) is 0 Å². The monoisotopic (exact) mass is 319 g/mol. The van der Waals surface area contributed by atoms with Gasteiger partial charge in [-0.3, -0.25) is 0 Å². The van der Waals surface area contributed by atoms with E-state index in [9.17, 15) is 13.2 Å². The van der Waals surface area contributed by atoms with Gasteiger partial charge in [0.05, 0.1) is 0 Å². The van der Waals surface area contributed by atoms with Crippen LogP contribution in [0.1, 0.15) is 18.1 Å². The van der Waals surface area contributed by atoms with Gasteiger partial charge >= 0.3 is 0 Å². The zero-order valence-electron chi connectivity index (χ0n) is 12.5. The summed E-state index contributed by atoms with van der Waals surface area (Å²) in [6.07, 6.45) is -2.43. The van der Waals surface area contributed by atoms with Crippen LogP contribution in [0.25, 0.3) is 0 Å². The molecule has 2 aromatic carbocycles. The van der Waals surface area contributed by atoms with Crippen molar-refractivity contribution in [3.05, 3.63) is 71.8 Å². The Morgan fingerprint density at radius 3 is 2.17 bits per heavy atom. The number of hydrogen-bond donors (Lipinski definition) is 0. The highest BCUT2D eigenvalue weighted by molar-refractivity contribution is 6.06. The third-order valence-electron chi connectivity index (χ3n) is 4.33. The van der Waals surface area contributed by atoms with Crippen LogP contribution in [0.3, 0.4) is 0 Å². The molecule has 0 aromatic heterocycles. The number of rotatable bonds is 4. The second-order valence-electron chi connectivity index (χ2n) is 5.71. The normalized spacial score (nSPS) is 27.5. The Balaban J connectivity index is 1.84. The molecule has 0 aliphatic heterocycles. The molecule has 3 rings (SSSR count). The molecule has 120 valence electrons. The van der Waals surface area contributed by atoms with E-state index in [-0.39, 0.29) is 12.3 Å². The van der Waals surface area contributed by atoms with Gasteiger partial charge in [0.2, 0.25) is 6.17 Å². The highest BCUT2D eigenvalue weighted by atomic mass is 19.3. The fraction of sp³-hybridized carbons (Fsp3) is 0.278. The van der Waals surface area contributed by atoms with Crippen LogP contribution in [0.4, 0.5) is 13.2 Å². The summed E-state index contributed by atoms with van der Waals surface area (Å²) in [6, 6.07) is 17.3. The van der Waals surface area contributed by atoms with Gasteiger partial charge in [0.15, 0.2) is 0 Å². The van der Waals surface area contributed by atoms with Crippen molar-refractivity contribution in [3.8, 4) is 0 Å². The molecule has 1 saturated carbocycles. The first-order valence-electron chi connectivity index (χ1n) is 7.29. The fourth-order valence-corrected chi connectivity index (χ4v) is 2.77.